The fourth-order valence-corrected chi connectivity index (χ4v) is 3.44. The molecule has 1 N–H and O–H groups in total. The number of unbranched alkanes of at least 4 members (excludes halogenated alkanes) is 1. The first-order valence-electron chi connectivity index (χ1n) is 7.55. The molecular weight excluding hydrogens is 230 g/mol. The van der Waals surface area contributed by atoms with Crippen LogP contribution >= 0.6 is 0 Å². The van der Waals surface area contributed by atoms with E-state index in [2.05, 4.69) is 49.6 Å². The van der Waals surface area contributed by atoms with E-state index < -0.39 is 0 Å². The third-order valence-corrected chi connectivity index (χ3v) is 4.48. The molecule has 1 aliphatic rings. The van der Waals surface area contributed by atoms with Gasteiger partial charge in [0.05, 0.1) is 0 Å². The summed E-state index contributed by atoms with van der Waals surface area (Å²) in [5, 5.41) is 6.52. The number of nitrogens with one attached hydrogen (secondary N) is 1. The Morgan fingerprint density at radius 2 is 1.89 bits per heavy atom. The lowest BCUT2D eigenvalue weighted by molar-refractivity contribution is 0.526. The average molecular weight is 253 g/mol. The van der Waals surface area contributed by atoms with E-state index in [-0.39, 0.29) is 0 Å². The van der Waals surface area contributed by atoms with Gasteiger partial charge in [-0.25, -0.2) is 0 Å². The molecule has 0 aromatic heterocycles. The molecule has 1 atom stereocenters. The number of aryl methyl sites for hydroxylation is 2. The maximum Gasteiger partial charge on any atom is 0.0323 e. The lowest BCUT2D eigenvalue weighted by Gasteiger charge is -2.19. The molecule has 0 fully saturated rings. The highest BCUT2D eigenvalue weighted by Gasteiger charge is 2.18. The summed E-state index contributed by atoms with van der Waals surface area (Å²) in [6, 6.07) is 12.0. The third kappa shape index (κ3) is 2.17. The van der Waals surface area contributed by atoms with Gasteiger partial charge in [-0.2, -0.15) is 0 Å². The van der Waals surface area contributed by atoms with Crippen molar-refractivity contribution >= 4 is 10.8 Å². The molecule has 1 heteroatoms. The van der Waals surface area contributed by atoms with E-state index in [1.54, 1.807) is 11.1 Å². The monoisotopic (exact) mass is 253 g/mol. The van der Waals surface area contributed by atoms with Gasteiger partial charge in [0, 0.05) is 6.04 Å². The molecule has 1 nitrogen and oxygen atoms in total. The zero-order chi connectivity index (χ0) is 13.2. The van der Waals surface area contributed by atoms with Crippen molar-refractivity contribution in [3.63, 3.8) is 0 Å². The maximum atomic E-state index is 3.50. The molecule has 1 unspecified atom stereocenters. The quantitative estimate of drug-likeness (QED) is 0.833. The van der Waals surface area contributed by atoms with Crippen LogP contribution in [0.15, 0.2) is 30.3 Å². The van der Waals surface area contributed by atoms with Crippen LogP contribution in [0.1, 0.15) is 48.9 Å². The van der Waals surface area contributed by atoms with Gasteiger partial charge in [0.15, 0.2) is 0 Å². The van der Waals surface area contributed by atoms with E-state index in [1.807, 2.05) is 0 Å². The van der Waals surface area contributed by atoms with Crippen molar-refractivity contribution in [2.45, 2.75) is 45.1 Å². The SMILES string of the molecule is CCCCC(NC)c1ccc2c3c(cccc13)CC2. The molecule has 1 aliphatic carbocycles. The zero-order valence-electron chi connectivity index (χ0n) is 12.0. The number of hydrogen-bond donors (Lipinski definition) is 1. The molecule has 0 saturated carbocycles. The normalized spacial score (nSPS) is 15.1. The highest BCUT2D eigenvalue weighted by Crippen LogP contribution is 2.35. The Bertz CT molecular complexity index is 575. The second-order valence-electron chi connectivity index (χ2n) is 5.64. The Morgan fingerprint density at radius 3 is 2.63 bits per heavy atom. The number of rotatable bonds is 5. The van der Waals surface area contributed by atoms with Crippen molar-refractivity contribution in [1.29, 1.82) is 0 Å². The molecule has 0 heterocycles. The summed E-state index contributed by atoms with van der Waals surface area (Å²) in [4.78, 5) is 0. The summed E-state index contributed by atoms with van der Waals surface area (Å²) in [5.41, 5.74) is 4.57. The Balaban J connectivity index is 2.09. The van der Waals surface area contributed by atoms with E-state index in [9.17, 15) is 0 Å². The van der Waals surface area contributed by atoms with Gasteiger partial charge in [-0.1, -0.05) is 50.1 Å². The highest BCUT2D eigenvalue weighted by atomic mass is 14.9. The van der Waals surface area contributed by atoms with Crippen molar-refractivity contribution in [2.75, 3.05) is 7.05 Å². The molecule has 100 valence electrons. The van der Waals surface area contributed by atoms with Crippen LogP contribution in [-0.4, -0.2) is 7.05 Å². The van der Waals surface area contributed by atoms with E-state index in [0.29, 0.717) is 6.04 Å². The summed E-state index contributed by atoms with van der Waals surface area (Å²) in [5.74, 6) is 0. The van der Waals surface area contributed by atoms with Crippen LogP contribution < -0.4 is 5.32 Å². The number of benzene rings is 2. The summed E-state index contributed by atoms with van der Waals surface area (Å²) in [6.45, 7) is 2.26. The third-order valence-electron chi connectivity index (χ3n) is 4.48. The van der Waals surface area contributed by atoms with Crippen LogP contribution in [0, 0.1) is 0 Å². The highest BCUT2D eigenvalue weighted by molar-refractivity contribution is 5.93. The molecule has 2 aromatic rings. The van der Waals surface area contributed by atoms with Crippen LogP contribution in [-0.2, 0) is 12.8 Å². The van der Waals surface area contributed by atoms with Crippen molar-refractivity contribution < 1.29 is 0 Å². The van der Waals surface area contributed by atoms with Crippen molar-refractivity contribution in [3.05, 3.63) is 47.0 Å². The summed E-state index contributed by atoms with van der Waals surface area (Å²) >= 11 is 0. The van der Waals surface area contributed by atoms with Gasteiger partial charge in [-0.15, -0.1) is 0 Å². The fourth-order valence-electron chi connectivity index (χ4n) is 3.44. The van der Waals surface area contributed by atoms with Crippen LogP contribution in [0.2, 0.25) is 0 Å². The van der Waals surface area contributed by atoms with Crippen molar-refractivity contribution in [3.8, 4) is 0 Å². The molecular formula is C18H23N. The lowest BCUT2D eigenvalue weighted by Crippen LogP contribution is -2.16. The Morgan fingerprint density at radius 1 is 1.11 bits per heavy atom. The van der Waals surface area contributed by atoms with Crippen molar-refractivity contribution in [2.24, 2.45) is 0 Å². The number of hydrogen-bond acceptors (Lipinski definition) is 1. The fraction of sp³-hybridized carbons (Fsp3) is 0.444. The second-order valence-corrected chi connectivity index (χ2v) is 5.64. The second kappa shape index (κ2) is 5.34. The average Bonchev–Trinajstić information content (AvgIpc) is 2.87. The van der Waals surface area contributed by atoms with E-state index in [1.165, 1.54) is 48.4 Å². The molecule has 19 heavy (non-hydrogen) atoms. The Kier molecular flexibility index (Phi) is 3.56. The first-order valence-corrected chi connectivity index (χ1v) is 7.55. The maximum absolute atomic E-state index is 3.50. The predicted octanol–water partition coefficient (Wildman–Crippen LogP) is 4.39. The molecule has 0 aliphatic heterocycles. The van der Waals surface area contributed by atoms with Gasteiger partial charge in [0.1, 0.15) is 0 Å². The van der Waals surface area contributed by atoms with Crippen molar-refractivity contribution in [1.82, 2.24) is 5.32 Å². The minimum atomic E-state index is 0.491. The molecule has 0 radical (unpaired) electrons. The van der Waals surface area contributed by atoms with E-state index in [4.69, 9.17) is 0 Å². The first kappa shape index (κ1) is 12.7. The van der Waals surface area contributed by atoms with E-state index in [0.717, 1.165) is 0 Å². The molecule has 0 bridgehead atoms. The smallest absolute Gasteiger partial charge is 0.0323 e. The molecule has 3 rings (SSSR count). The van der Waals surface area contributed by atoms with Crippen LogP contribution in [0.5, 0.6) is 0 Å². The van der Waals surface area contributed by atoms with Gasteiger partial charge >= 0.3 is 0 Å². The molecule has 0 amide bonds. The first-order chi connectivity index (χ1) is 9.35. The standard InChI is InChI=1S/C18H23N/c1-3-4-8-17(19-2)15-12-11-14-10-9-13-6-5-7-16(15)18(13)14/h5-7,11-12,17,19H,3-4,8-10H2,1-2H3. The minimum absolute atomic E-state index is 0.491. The lowest BCUT2D eigenvalue weighted by atomic mass is 9.93. The Labute approximate surface area is 116 Å². The zero-order valence-corrected chi connectivity index (χ0v) is 12.0. The van der Waals surface area contributed by atoms with Gasteiger partial charge in [-0.05, 0) is 53.8 Å². The summed E-state index contributed by atoms with van der Waals surface area (Å²) in [7, 11) is 2.09. The topological polar surface area (TPSA) is 12.0 Å². The van der Waals surface area contributed by atoms with Crippen LogP contribution in [0.3, 0.4) is 0 Å². The Hall–Kier alpha value is -1.34. The van der Waals surface area contributed by atoms with Crippen LogP contribution in [0.4, 0.5) is 0 Å². The minimum Gasteiger partial charge on any atom is -0.313 e. The van der Waals surface area contributed by atoms with Gasteiger partial charge in [0.25, 0.3) is 0 Å². The largest absolute Gasteiger partial charge is 0.313 e. The van der Waals surface area contributed by atoms with Gasteiger partial charge in [-0.3, -0.25) is 0 Å². The summed E-state index contributed by atoms with van der Waals surface area (Å²) < 4.78 is 0. The van der Waals surface area contributed by atoms with Crippen LogP contribution in [0.25, 0.3) is 10.8 Å². The van der Waals surface area contributed by atoms with Gasteiger partial charge < -0.3 is 5.32 Å². The molecule has 2 aromatic carbocycles. The summed E-state index contributed by atoms with van der Waals surface area (Å²) in [6.07, 6.45) is 6.21. The predicted molar refractivity (Wildman–Crippen MR) is 82.7 cm³/mol. The van der Waals surface area contributed by atoms with E-state index >= 15 is 0 Å². The molecule has 0 saturated heterocycles. The van der Waals surface area contributed by atoms with Gasteiger partial charge in [0.2, 0.25) is 0 Å². The molecule has 0 spiro atoms.